The minimum absolute atomic E-state index is 0.0970. The molecule has 1 amide bonds. The van der Waals surface area contributed by atoms with Crippen molar-refractivity contribution in [1.29, 1.82) is 0 Å². The third-order valence-corrected chi connectivity index (χ3v) is 6.65. The van der Waals surface area contributed by atoms with Crippen molar-refractivity contribution in [3.8, 4) is 0 Å². The Bertz CT molecular complexity index is 1430. The Hall–Kier alpha value is -3.97. The van der Waals surface area contributed by atoms with Crippen LogP contribution in [0.4, 0.5) is 4.39 Å². The minimum Gasteiger partial charge on any atom is -0.348 e. The largest absolute Gasteiger partial charge is 0.348 e. The van der Waals surface area contributed by atoms with Crippen molar-refractivity contribution in [2.24, 2.45) is 0 Å². The van der Waals surface area contributed by atoms with Gasteiger partial charge in [0.1, 0.15) is 11.3 Å². The van der Waals surface area contributed by atoms with Gasteiger partial charge in [-0.2, -0.15) is 0 Å². The number of carbonyl (C=O) groups excluding carboxylic acids is 1. The summed E-state index contributed by atoms with van der Waals surface area (Å²) in [6.07, 6.45) is 1.75. The summed E-state index contributed by atoms with van der Waals surface area (Å²) in [4.78, 5) is 21.8. The molecular formula is C28H23FN4OS. The van der Waals surface area contributed by atoms with Crippen LogP contribution in [0.15, 0.2) is 102 Å². The molecule has 0 aliphatic heterocycles. The average molecular weight is 483 g/mol. The first-order valence-corrected chi connectivity index (χ1v) is 12.2. The highest BCUT2D eigenvalue weighted by molar-refractivity contribution is 7.98. The molecule has 5 aromatic rings. The Morgan fingerprint density at radius 3 is 2.37 bits per heavy atom. The van der Waals surface area contributed by atoms with Crippen LogP contribution >= 0.6 is 11.8 Å². The highest BCUT2D eigenvalue weighted by Gasteiger charge is 2.13. The predicted molar refractivity (Wildman–Crippen MR) is 137 cm³/mol. The number of nitrogens with zero attached hydrogens (tertiary/aromatic N) is 3. The smallest absolute Gasteiger partial charge is 0.251 e. The molecule has 5 rings (SSSR count). The van der Waals surface area contributed by atoms with Crippen LogP contribution in [0.3, 0.4) is 0 Å². The van der Waals surface area contributed by atoms with E-state index in [0.717, 1.165) is 33.0 Å². The van der Waals surface area contributed by atoms with E-state index in [2.05, 4.69) is 14.9 Å². The van der Waals surface area contributed by atoms with Gasteiger partial charge in [0.25, 0.3) is 5.91 Å². The molecule has 0 fully saturated rings. The summed E-state index contributed by atoms with van der Waals surface area (Å²) in [6, 6.07) is 27.8. The van der Waals surface area contributed by atoms with Crippen molar-refractivity contribution in [1.82, 2.24) is 19.9 Å². The second-order valence-corrected chi connectivity index (χ2v) is 9.05. The topological polar surface area (TPSA) is 59.8 Å². The fourth-order valence-electron chi connectivity index (χ4n) is 3.74. The van der Waals surface area contributed by atoms with E-state index < -0.39 is 0 Å². The Morgan fingerprint density at radius 1 is 0.857 bits per heavy atom. The second kappa shape index (κ2) is 10.5. The summed E-state index contributed by atoms with van der Waals surface area (Å²) >= 11 is 1.61. The molecule has 3 aromatic carbocycles. The maximum absolute atomic E-state index is 13.3. The van der Waals surface area contributed by atoms with Gasteiger partial charge < -0.3 is 5.32 Å². The van der Waals surface area contributed by atoms with Crippen LogP contribution in [0, 0.1) is 5.82 Å². The van der Waals surface area contributed by atoms with Gasteiger partial charge in [0.15, 0.2) is 10.8 Å². The number of hydrogen-bond acceptors (Lipinski definition) is 4. The SMILES string of the molecule is O=C(NCc1ccccc1)c1ccc(CSc2nc3cccnc3n2Cc2ccc(F)cc2)cc1. The first kappa shape index (κ1) is 22.8. The first-order valence-electron chi connectivity index (χ1n) is 11.3. The van der Waals surface area contributed by atoms with Crippen molar-refractivity contribution >= 4 is 28.8 Å². The zero-order valence-corrected chi connectivity index (χ0v) is 19.7. The molecule has 0 bridgehead atoms. The number of pyridine rings is 1. The molecule has 0 saturated carbocycles. The summed E-state index contributed by atoms with van der Waals surface area (Å²) in [5, 5.41) is 3.79. The van der Waals surface area contributed by atoms with Gasteiger partial charge in [-0.05, 0) is 53.1 Å². The van der Waals surface area contributed by atoms with Gasteiger partial charge in [0, 0.05) is 24.1 Å². The van der Waals surface area contributed by atoms with Gasteiger partial charge in [-0.15, -0.1) is 0 Å². The quantitative estimate of drug-likeness (QED) is 0.282. The monoisotopic (exact) mass is 482 g/mol. The van der Waals surface area contributed by atoms with Gasteiger partial charge in [0.05, 0.1) is 6.54 Å². The molecule has 5 nitrogen and oxygen atoms in total. The maximum Gasteiger partial charge on any atom is 0.251 e. The molecule has 0 aliphatic rings. The maximum atomic E-state index is 13.3. The van der Waals surface area contributed by atoms with E-state index in [1.165, 1.54) is 12.1 Å². The van der Waals surface area contributed by atoms with Crippen LogP contribution in [0.25, 0.3) is 11.2 Å². The van der Waals surface area contributed by atoms with Gasteiger partial charge >= 0.3 is 0 Å². The lowest BCUT2D eigenvalue weighted by Gasteiger charge is -2.09. The number of halogens is 1. The van der Waals surface area contributed by atoms with Crippen LogP contribution in [-0.2, 0) is 18.8 Å². The highest BCUT2D eigenvalue weighted by Crippen LogP contribution is 2.27. The van der Waals surface area contributed by atoms with E-state index in [4.69, 9.17) is 4.98 Å². The summed E-state index contributed by atoms with van der Waals surface area (Å²) in [5.41, 5.74) is 5.37. The van der Waals surface area contributed by atoms with Crippen molar-refractivity contribution in [3.05, 3.63) is 125 Å². The molecule has 0 radical (unpaired) electrons. The number of fused-ring (bicyclic) bond motifs is 1. The van der Waals surface area contributed by atoms with Gasteiger partial charge in [-0.1, -0.05) is 66.4 Å². The number of rotatable bonds is 8. The van der Waals surface area contributed by atoms with Crippen molar-refractivity contribution in [3.63, 3.8) is 0 Å². The minimum atomic E-state index is -0.255. The lowest BCUT2D eigenvalue weighted by Crippen LogP contribution is -2.22. The van der Waals surface area contributed by atoms with Crippen LogP contribution < -0.4 is 5.32 Å². The zero-order valence-electron chi connectivity index (χ0n) is 18.9. The lowest BCUT2D eigenvalue weighted by atomic mass is 10.1. The molecule has 174 valence electrons. The standard InChI is InChI=1S/C28H23FN4OS/c29-24-14-10-21(11-15-24)18-33-26-25(7-4-16-30-26)32-28(33)35-19-22-8-12-23(13-9-22)27(34)31-17-20-5-2-1-3-6-20/h1-16H,17-19H2,(H,31,34). The van der Waals surface area contributed by atoms with E-state index in [1.807, 2.05) is 66.7 Å². The number of hydrogen-bond donors (Lipinski definition) is 1. The van der Waals surface area contributed by atoms with Crippen molar-refractivity contribution < 1.29 is 9.18 Å². The molecule has 2 aromatic heterocycles. The van der Waals surface area contributed by atoms with E-state index in [9.17, 15) is 9.18 Å². The average Bonchev–Trinajstić information content (AvgIpc) is 3.25. The van der Waals surface area contributed by atoms with E-state index >= 15 is 0 Å². The second-order valence-electron chi connectivity index (χ2n) is 8.11. The molecule has 0 unspecified atom stereocenters. The molecule has 1 N–H and O–H groups in total. The van der Waals surface area contributed by atoms with Crippen molar-refractivity contribution in [2.45, 2.75) is 24.0 Å². The summed E-state index contributed by atoms with van der Waals surface area (Å²) in [7, 11) is 0. The van der Waals surface area contributed by atoms with Crippen molar-refractivity contribution in [2.75, 3.05) is 0 Å². The first-order chi connectivity index (χ1) is 17.2. The number of benzene rings is 3. The number of thioether (sulfide) groups is 1. The normalized spacial score (nSPS) is 11.0. The third-order valence-electron chi connectivity index (χ3n) is 5.60. The number of aromatic nitrogens is 3. The molecule has 35 heavy (non-hydrogen) atoms. The fourth-order valence-corrected chi connectivity index (χ4v) is 4.70. The van der Waals surface area contributed by atoms with E-state index in [1.54, 1.807) is 30.1 Å². The number of amides is 1. The molecule has 0 aliphatic carbocycles. The number of carbonyl (C=O) groups is 1. The van der Waals surface area contributed by atoms with E-state index in [0.29, 0.717) is 24.4 Å². The molecular weight excluding hydrogens is 459 g/mol. The van der Waals surface area contributed by atoms with Gasteiger partial charge in [-0.25, -0.2) is 14.4 Å². The summed E-state index contributed by atoms with van der Waals surface area (Å²) in [5.74, 6) is 0.341. The van der Waals surface area contributed by atoms with Crippen LogP contribution in [0.5, 0.6) is 0 Å². The highest BCUT2D eigenvalue weighted by atomic mass is 32.2. The molecule has 0 saturated heterocycles. The summed E-state index contributed by atoms with van der Waals surface area (Å²) in [6.45, 7) is 1.05. The third kappa shape index (κ3) is 5.58. The lowest BCUT2D eigenvalue weighted by molar-refractivity contribution is 0.0951. The van der Waals surface area contributed by atoms with Gasteiger partial charge in [-0.3, -0.25) is 9.36 Å². The molecule has 0 atom stereocenters. The number of nitrogens with one attached hydrogen (secondary N) is 1. The number of imidazole rings is 1. The van der Waals surface area contributed by atoms with Gasteiger partial charge in [0.2, 0.25) is 0 Å². The fraction of sp³-hybridized carbons (Fsp3) is 0.107. The Morgan fingerprint density at radius 2 is 1.60 bits per heavy atom. The molecule has 2 heterocycles. The zero-order chi connectivity index (χ0) is 24.0. The van der Waals surface area contributed by atoms with Crippen LogP contribution in [-0.4, -0.2) is 20.4 Å². The predicted octanol–water partition coefficient (Wildman–Crippen LogP) is 5.84. The Labute approximate surface area is 207 Å². The van der Waals surface area contributed by atoms with Crippen LogP contribution in [0.1, 0.15) is 27.0 Å². The Balaban J connectivity index is 1.27. The summed E-state index contributed by atoms with van der Waals surface area (Å²) < 4.78 is 15.4. The Kier molecular flexibility index (Phi) is 6.86. The molecule has 7 heteroatoms. The molecule has 0 spiro atoms. The van der Waals surface area contributed by atoms with Crippen LogP contribution in [0.2, 0.25) is 0 Å². The van der Waals surface area contributed by atoms with E-state index in [-0.39, 0.29) is 11.7 Å².